The van der Waals surface area contributed by atoms with E-state index in [0.717, 1.165) is 11.3 Å². The average molecular weight is 289 g/mol. The summed E-state index contributed by atoms with van der Waals surface area (Å²) in [5.41, 5.74) is 6.11. The number of amides is 1. The molecule has 0 saturated carbocycles. The van der Waals surface area contributed by atoms with Crippen LogP contribution in [-0.2, 0) is 10.5 Å². The zero-order valence-corrected chi connectivity index (χ0v) is 11.6. The van der Waals surface area contributed by atoms with E-state index in [0.29, 0.717) is 11.5 Å². The van der Waals surface area contributed by atoms with Gasteiger partial charge >= 0.3 is 0 Å². The molecule has 0 aliphatic carbocycles. The number of primary amides is 1. The lowest BCUT2D eigenvalue weighted by Gasteiger charge is -2.10. The Hall–Kier alpha value is -2.14. The molecule has 0 aliphatic heterocycles. The van der Waals surface area contributed by atoms with Gasteiger partial charge < -0.3 is 15.6 Å². The van der Waals surface area contributed by atoms with E-state index in [1.54, 1.807) is 24.3 Å². The van der Waals surface area contributed by atoms with E-state index in [-0.39, 0.29) is 17.4 Å². The van der Waals surface area contributed by atoms with Crippen LogP contribution in [-0.4, -0.2) is 16.8 Å². The lowest BCUT2D eigenvalue weighted by molar-refractivity contribution is -0.115. The number of para-hydroxylation sites is 1. The predicted molar refractivity (Wildman–Crippen MR) is 80.0 cm³/mol. The van der Waals surface area contributed by atoms with Gasteiger partial charge in [-0.3, -0.25) is 4.79 Å². The molecular weight excluding hydrogens is 274 g/mol. The summed E-state index contributed by atoms with van der Waals surface area (Å²) in [5, 5.41) is 9.24. The maximum atomic E-state index is 10.7. The lowest BCUT2D eigenvalue weighted by atomic mass is 10.2. The topological polar surface area (TPSA) is 72.6 Å². The van der Waals surface area contributed by atoms with E-state index < -0.39 is 0 Å². The van der Waals surface area contributed by atoms with E-state index >= 15 is 0 Å². The van der Waals surface area contributed by atoms with Gasteiger partial charge in [-0.2, -0.15) is 0 Å². The van der Waals surface area contributed by atoms with Crippen molar-refractivity contribution in [2.75, 3.05) is 5.75 Å². The smallest absolute Gasteiger partial charge is 0.227 e. The molecule has 0 saturated heterocycles. The minimum absolute atomic E-state index is 0.197. The van der Waals surface area contributed by atoms with Crippen molar-refractivity contribution in [3.8, 4) is 17.2 Å². The second-order valence-electron chi connectivity index (χ2n) is 4.16. The molecule has 2 aromatic rings. The normalized spacial score (nSPS) is 10.2. The third kappa shape index (κ3) is 4.20. The van der Waals surface area contributed by atoms with Crippen LogP contribution in [0, 0.1) is 0 Å². The molecular formula is C15H15NO3S. The number of carbonyl (C=O) groups excluding carboxylic acids is 1. The minimum Gasteiger partial charge on any atom is -0.508 e. The first-order chi connectivity index (χ1) is 9.65. The van der Waals surface area contributed by atoms with Gasteiger partial charge in [0.05, 0.1) is 5.75 Å². The number of rotatable bonds is 6. The Kier molecular flexibility index (Phi) is 4.90. The van der Waals surface area contributed by atoms with Crippen molar-refractivity contribution in [3.63, 3.8) is 0 Å². The monoisotopic (exact) mass is 289 g/mol. The maximum Gasteiger partial charge on any atom is 0.227 e. The number of thioether (sulfide) groups is 1. The lowest BCUT2D eigenvalue weighted by Crippen LogP contribution is -2.13. The van der Waals surface area contributed by atoms with E-state index in [2.05, 4.69) is 0 Å². The van der Waals surface area contributed by atoms with Gasteiger partial charge in [-0.15, -0.1) is 11.8 Å². The number of ether oxygens (including phenoxy) is 1. The van der Waals surface area contributed by atoms with Gasteiger partial charge in [0, 0.05) is 11.3 Å². The first kappa shape index (κ1) is 14.3. The van der Waals surface area contributed by atoms with Gasteiger partial charge in [0.15, 0.2) is 0 Å². The van der Waals surface area contributed by atoms with Crippen LogP contribution >= 0.6 is 11.8 Å². The minimum atomic E-state index is -0.327. The molecule has 4 nitrogen and oxygen atoms in total. The molecule has 104 valence electrons. The highest BCUT2D eigenvalue weighted by Gasteiger charge is 2.05. The molecule has 0 radical (unpaired) electrons. The molecule has 2 aromatic carbocycles. The van der Waals surface area contributed by atoms with Crippen molar-refractivity contribution in [2.24, 2.45) is 5.73 Å². The Balaban J connectivity index is 2.07. The molecule has 0 aromatic heterocycles. The summed E-state index contributed by atoms with van der Waals surface area (Å²) in [7, 11) is 0. The molecule has 3 N–H and O–H groups in total. The van der Waals surface area contributed by atoms with Crippen molar-refractivity contribution in [2.45, 2.75) is 5.75 Å². The first-order valence-electron chi connectivity index (χ1n) is 6.06. The molecule has 5 heteroatoms. The summed E-state index contributed by atoms with van der Waals surface area (Å²) in [4.78, 5) is 10.7. The number of phenols is 1. The van der Waals surface area contributed by atoms with Crippen LogP contribution in [0.1, 0.15) is 5.56 Å². The zero-order valence-electron chi connectivity index (χ0n) is 10.8. The summed E-state index contributed by atoms with van der Waals surface area (Å²) >= 11 is 1.45. The predicted octanol–water partition coefficient (Wildman–Crippen LogP) is 2.90. The SMILES string of the molecule is NC(=O)CSCc1ccccc1Oc1ccc(O)cc1. The van der Waals surface area contributed by atoms with Crippen molar-refractivity contribution in [1.29, 1.82) is 0 Å². The van der Waals surface area contributed by atoms with E-state index in [9.17, 15) is 9.90 Å². The summed E-state index contributed by atoms with van der Waals surface area (Å²) in [5.74, 6) is 2.19. The molecule has 0 spiro atoms. The number of carbonyl (C=O) groups is 1. The average Bonchev–Trinajstić information content (AvgIpc) is 2.43. The number of nitrogens with two attached hydrogens (primary N) is 1. The molecule has 0 heterocycles. The van der Waals surface area contributed by atoms with Crippen LogP contribution in [0.15, 0.2) is 48.5 Å². The molecule has 0 atom stereocenters. The molecule has 0 fully saturated rings. The van der Waals surface area contributed by atoms with E-state index in [1.807, 2.05) is 24.3 Å². The van der Waals surface area contributed by atoms with Gasteiger partial charge in [0.2, 0.25) is 5.91 Å². The van der Waals surface area contributed by atoms with E-state index in [1.165, 1.54) is 11.8 Å². The van der Waals surface area contributed by atoms with Crippen molar-refractivity contribution in [1.82, 2.24) is 0 Å². The Morgan fingerprint density at radius 1 is 1.15 bits per heavy atom. The van der Waals surface area contributed by atoms with Crippen LogP contribution in [0.5, 0.6) is 17.2 Å². The molecule has 0 aliphatic rings. The summed E-state index contributed by atoms with van der Waals surface area (Å²) < 4.78 is 5.78. The number of hydrogen-bond acceptors (Lipinski definition) is 4. The number of phenolic OH excluding ortho intramolecular Hbond substituents is 1. The van der Waals surface area contributed by atoms with Gasteiger partial charge in [0.25, 0.3) is 0 Å². The molecule has 0 unspecified atom stereocenters. The third-order valence-electron chi connectivity index (χ3n) is 2.54. The zero-order chi connectivity index (χ0) is 14.4. The number of aromatic hydroxyl groups is 1. The fourth-order valence-corrected chi connectivity index (χ4v) is 2.39. The van der Waals surface area contributed by atoms with Gasteiger partial charge in [-0.25, -0.2) is 0 Å². The molecule has 20 heavy (non-hydrogen) atoms. The summed E-state index contributed by atoms with van der Waals surface area (Å²) in [6.45, 7) is 0. The molecule has 1 amide bonds. The van der Waals surface area contributed by atoms with Gasteiger partial charge in [-0.05, 0) is 30.3 Å². The van der Waals surface area contributed by atoms with Gasteiger partial charge in [-0.1, -0.05) is 18.2 Å². The molecule has 2 rings (SSSR count). The Morgan fingerprint density at radius 2 is 1.85 bits per heavy atom. The molecule has 0 bridgehead atoms. The highest BCUT2D eigenvalue weighted by molar-refractivity contribution is 7.99. The van der Waals surface area contributed by atoms with Crippen molar-refractivity contribution in [3.05, 3.63) is 54.1 Å². The third-order valence-corrected chi connectivity index (χ3v) is 3.54. The van der Waals surface area contributed by atoms with Crippen molar-refractivity contribution < 1.29 is 14.6 Å². The second kappa shape index (κ2) is 6.86. The summed E-state index contributed by atoms with van der Waals surface area (Å²) in [6, 6.07) is 14.2. The Labute approximate surface area is 121 Å². The number of benzene rings is 2. The quantitative estimate of drug-likeness (QED) is 0.857. The van der Waals surface area contributed by atoms with Crippen LogP contribution in [0.25, 0.3) is 0 Å². The van der Waals surface area contributed by atoms with Crippen LogP contribution in [0.4, 0.5) is 0 Å². The summed E-state index contributed by atoms with van der Waals surface area (Å²) in [6.07, 6.45) is 0. The number of hydrogen-bond donors (Lipinski definition) is 2. The standard InChI is InChI=1S/C15H15NO3S/c16-15(18)10-20-9-11-3-1-2-4-14(11)19-13-7-5-12(17)6-8-13/h1-8,17H,9-10H2,(H2,16,18). The Bertz CT molecular complexity index is 584. The Morgan fingerprint density at radius 3 is 2.55 bits per heavy atom. The van der Waals surface area contributed by atoms with Gasteiger partial charge in [0.1, 0.15) is 17.2 Å². The highest BCUT2D eigenvalue weighted by atomic mass is 32.2. The highest BCUT2D eigenvalue weighted by Crippen LogP contribution is 2.28. The van der Waals surface area contributed by atoms with Crippen LogP contribution in [0.2, 0.25) is 0 Å². The second-order valence-corrected chi connectivity index (χ2v) is 5.15. The van der Waals surface area contributed by atoms with Crippen LogP contribution in [0.3, 0.4) is 0 Å². The van der Waals surface area contributed by atoms with Crippen LogP contribution < -0.4 is 10.5 Å². The fraction of sp³-hybridized carbons (Fsp3) is 0.133. The largest absolute Gasteiger partial charge is 0.508 e. The van der Waals surface area contributed by atoms with Crippen molar-refractivity contribution >= 4 is 17.7 Å². The van der Waals surface area contributed by atoms with E-state index in [4.69, 9.17) is 10.5 Å². The first-order valence-corrected chi connectivity index (χ1v) is 7.21. The fourth-order valence-electron chi connectivity index (χ4n) is 1.63. The maximum absolute atomic E-state index is 10.7.